The van der Waals surface area contributed by atoms with Gasteiger partial charge in [0.15, 0.2) is 0 Å². The highest BCUT2D eigenvalue weighted by Crippen LogP contribution is 2.36. The van der Waals surface area contributed by atoms with Gasteiger partial charge >= 0.3 is 5.97 Å². The summed E-state index contributed by atoms with van der Waals surface area (Å²) in [5.74, 6) is -0.685. The number of carbonyl (C=O) groups is 1. The Balaban J connectivity index is 1.56. The van der Waals surface area contributed by atoms with Crippen molar-refractivity contribution in [3.8, 4) is 11.5 Å². The zero-order chi connectivity index (χ0) is 27.9. The molecule has 0 spiro atoms. The van der Waals surface area contributed by atoms with Gasteiger partial charge in [-0.2, -0.15) is 4.31 Å². The van der Waals surface area contributed by atoms with E-state index >= 15 is 0 Å². The molecule has 3 heterocycles. The number of benzene rings is 2. The number of hydrogen-bond acceptors (Lipinski definition) is 8. The number of aryl methyl sites for hydroxylation is 2. The number of sulfonamides is 1. The molecule has 2 aromatic heterocycles. The average molecular weight is 552 g/mol. The summed E-state index contributed by atoms with van der Waals surface area (Å²) in [7, 11) is -0.582. The van der Waals surface area contributed by atoms with Gasteiger partial charge in [0.1, 0.15) is 33.5 Å². The average Bonchev–Trinajstić information content (AvgIpc) is 3.24. The van der Waals surface area contributed by atoms with E-state index in [1.54, 1.807) is 31.0 Å². The second-order valence-corrected chi connectivity index (χ2v) is 11.6. The molecule has 0 aliphatic carbocycles. The summed E-state index contributed by atoms with van der Waals surface area (Å²) < 4.78 is 41.6. The van der Waals surface area contributed by atoms with Gasteiger partial charge in [0, 0.05) is 25.7 Å². The fraction of sp³-hybridized carbons (Fsp3) is 0.333. The number of rotatable bonds is 7. The SMILES string of the molecule is COc1cc(C(CC(=O)O)c2ccc(C)c(CN3CC(C)Oc4ccncc4S3(=O)=O)c2)cc2nnn(C)c12. The summed E-state index contributed by atoms with van der Waals surface area (Å²) in [4.78, 5) is 16.0. The largest absolute Gasteiger partial charge is 0.494 e. The molecular formula is C27H29N5O6S. The molecule has 1 N–H and O–H groups in total. The molecule has 1 aliphatic heterocycles. The van der Waals surface area contributed by atoms with Gasteiger partial charge in [-0.05, 0) is 54.3 Å². The predicted molar refractivity (Wildman–Crippen MR) is 142 cm³/mol. The van der Waals surface area contributed by atoms with E-state index in [1.807, 2.05) is 38.1 Å². The number of carboxylic acid groups (broad SMARTS) is 1. The minimum Gasteiger partial charge on any atom is -0.494 e. The van der Waals surface area contributed by atoms with Crippen LogP contribution in [0.15, 0.2) is 53.7 Å². The highest BCUT2D eigenvalue weighted by molar-refractivity contribution is 7.89. The van der Waals surface area contributed by atoms with E-state index in [9.17, 15) is 18.3 Å². The van der Waals surface area contributed by atoms with Crippen LogP contribution in [0.5, 0.6) is 11.5 Å². The quantitative estimate of drug-likeness (QED) is 0.367. The van der Waals surface area contributed by atoms with Crippen molar-refractivity contribution in [2.45, 2.75) is 43.7 Å². The Morgan fingerprint density at radius 1 is 1.23 bits per heavy atom. The number of hydrogen-bond donors (Lipinski definition) is 1. The first kappa shape index (κ1) is 26.6. The van der Waals surface area contributed by atoms with Crippen LogP contribution in [-0.2, 0) is 28.4 Å². The summed E-state index contributed by atoms with van der Waals surface area (Å²) in [5, 5.41) is 18.0. The van der Waals surface area contributed by atoms with Crippen molar-refractivity contribution in [1.82, 2.24) is 24.3 Å². The third-order valence-electron chi connectivity index (χ3n) is 6.96. The summed E-state index contributed by atoms with van der Waals surface area (Å²) in [6, 6.07) is 10.8. The summed E-state index contributed by atoms with van der Waals surface area (Å²) >= 11 is 0. The summed E-state index contributed by atoms with van der Waals surface area (Å²) in [6.07, 6.45) is 2.25. The van der Waals surface area contributed by atoms with E-state index in [-0.39, 0.29) is 36.3 Å². The van der Waals surface area contributed by atoms with E-state index in [2.05, 4.69) is 15.3 Å². The summed E-state index contributed by atoms with van der Waals surface area (Å²) in [6.45, 7) is 3.97. The molecule has 12 heteroatoms. The standard InChI is InChI=1S/C27H29N5O6S/c1-16-5-6-18(21(12-26(33)34)19-10-22-27(24(11-19)37-4)31(3)30-29-22)9-20(16)15-32-14-17(2)38-23-7-8-28-13-25(23)39(32,35)36/h5-11,13,17,21H,12,14-15H2,1-4H3,(H,33,34). The number of aliphatic carboxylic acids is 1. The lowest BCUT2D eigenvalue weighted by Gasteiger charge is -2.24. The van der Waals surface area contributed by atoms with Gasteiger partial charge in [0.05, 0.1) is 26.3 Å². The molecule has 0 fully saturated rings. The van der Waals surface area contributed by atoms with Gasteiger partial charge < -0.3 is 14.6 Å². The van der Waals surface area contributed by atoms with Crippen molar-refractivity contribution in [3.63, 3.8) is 0 Å². The summed E-state index contributed by atoms with van der Waals surface area (Å²) in [5.41, 5.74) is 4.39. The van der Waals surface area contributed by atoms with Crippen LogP contribution in [0.4, 0.5) is 0 Å². The van der Waals surface area contributed by atoms with Crippen molar-refractivity contribution in [2.75, 3.05) is 13.7 Å². The molecule has 204 valence electrons. The van der Waals surface area contributed by atoms with Crippen LogP contribution >= 0.6 is 0 Å². The molecule has 0 bridgehead atoms. The molecule has 1 aliphatic rings. The molecule has 2 atom stereocenters. The maximum atomic E-state index is 13.6. The van der Waals surface area contributed by atoms with Crippen LogP contribution in [0.2, 0.25) is 0 Å². The first-order valence-corrected chi connectivity index (χ1v) is 13.8. The molecule has 11 nitrogen and oxygen atoms in total. The van der Waals surface area contributed by atoms with Crippen molar-refractivity contribution < 1.29 is 27.8 Å². The predicted octanol–water partition coefficient (Wildman–Crippen LogP) is 3.26. The van der Waals surface area contributed by atoms with E-state index in [4.69, 9.17) is 9.47 Å². The van der Waals surface area contributed by atoms with Gasteiger partial charge in [0.2, 0.25) is 10.0 Å². The Kier molecular flexibility index (Phi) is 7.00. The molecule has 5 rings (SSSR count). The molecular weight excluding hydrogens is 522 g/mol. The van der Waals surface area contributed by atoms with Crippen LogP contribution < -0.4 is 9.47 Å². The van der Waals surface area contributed by atoms with Gasteiger partial charge in [0.25, 0.3) is 0 Å². The maximum Gasteiger partial charge on any atom is 0.304 e. The molecule has 2 unspecified atom stereocenters. The number of ether oxygens (including phenoxy) is 2. The Morgan fingerprint density at radius 3 is 2.77 bits per heavy atom. The molecule has 2 aromatic carbocycles. The van der Waals surface area contributed by atoms with Gasteiger partial charge in [-0.3, -0.25) is 9.78 Å². The topological polar surface area (TPSA) is 137 Å². The lowest BCUT2D eigenvalue weighted by Crippen LogP contribution is -2.35. The molecule has 4 aromatic rings. The highest BCUT2D eigenvalue weighted by atomic mass is 32.2. The Hall–Kier alpha value is -4.03. The molecule has 0 saturated heterocycles. The van der Waals surface area contributed by atoms with E-state index < -0.39 is 21.9 Å². The van der Waals surface area contributed by atoms with Gasteiger partial charge in [-0.1, -0.05) is 23.4 Å². The van der Waals surface area contributed by atoms with E-state index in [0.717, 1.165) is 16.7 Å². The Labute approximate surface area is 226 Å². The lowest BCUT2D eigenvalue weighted by molar-refractivity contribution is -0.137. The van der Waals surface area contributed by atoms with Gasteiger partial charge in [-0.15, -0.1) is 5.10 Å². The molecule has 0 saturated carbocycles. The van der Waals surface area contributed by atoms with Crippen molar-refractivity contribution in [1.29, 1.82) is 0 Å². The Bertz CT molecular complexity index is 1670. The smallest absolute Gasteiger partial charge is 0.304 e. The van der Waals surface area contributed by atoms with Crippen molar-refractivity contribution >= 4 is 27.0 Å². The number of methoxy groups -OCH3 is 1. The fourth-order valence-corrected chi connectivity index (χ4v) is 6.55. The monoisotopic (exact) mass is 551 g/mol. The third-order valence-corrected chi connectivity index (χ3v) is 8.78. The molecule has 0 amide bonds. The molecule has 0 radical (unpaired) electrons. The zero-order valence-electron chi connectivity index (χ0n) is 22.0. The highest BCUT2D eigenvalue weighted by Gasteiger charge is 2.34. The second kappa shape index (κ2) is 10.3. The first-order valence-electron chi connectivity index (χ1n) is 12.4. The third kappa shape index (κ3) is 5.04. The number of fused-ring (bicyclic) bond motifs is 2. The van der Waals surface area contributed by atoms with E-state index in [0.29, 0.717) is 22.3 Å². The minimum atomic E-state index is -3.88. The minimum absolute atomic E-state index is 0.0243. The van der Waals surface area contributed by atoms with E-state index in [1.165, 1.54) is 16.7 Å². The van der Waals surface area contributed by atoms with Crippen LogP contribution in [0.3, 0.4) is 0 Å². The number of carboxylic acids is 1. The maximum absolute atomic E-state index is 13.6. The number of pyridine rings is 1. The number of aromatic nitrogens is 4. The zero-order valence-corrected chi connectivity index (χ0v) is 22.8. The van der Waals surface area contributed by atoms with Crippen molar-refractivity contribution in [3.05, 3.63) is 71.0 Å². The molecule has 39 heavy (non-hydrogen) atoms. The van der Waals surface area contributed by atoms with Crippen LogP contribution in [0.25, 0.3) is 11.0 Å². The van der Waals surface area contributed by atoms with Crippen LogP contribution in [0.1, 0.15) is 41.5 Å². The van der Waals surface area contributed by atoms with Crippen LogP contribution in [0, 0.1) is 6.92 Å². The normalized spacial score (nSPS) is 17.7. The second-order valence-electron chi connectivity index (χ2n) is 9.69. The number of nitrogens with zero attached hydrogens (tertiary/aromatic N) is 5. The first-order chi connectivity index (χ1) is 18.6. The van der Waals surface area contributed by atoms with Gasteiger partial charge in [-0.25, -0.2) is 13.1 Å². The lowest BCUT2D eigenvalue weighted by atomic mass is 9.86. The van der Waals surface area contributed by atoms with Crippen molar-refractivity contribution in [2.24, 2.45) is 7.05 Å². The Morgan fingerprint density at radius 2 is 2.03 bits per heavy atom. The fourth-order valence-electron chi connectivity index (χ4n) is 4.99. The van der Waals surface area contributed by atoms with Crippen LogP contribution in [-0.4, -0.2) is 63.5 Å².